The van der Waals surface area contributed by atoms with Crippen LogP contribution in [0.1, 0.15) is 5.89 Å². The smallest absolute Gasteiger partial charge is 0.237 e. The van der Waals surface area contributed by atoms with E-state index in [1.165, 1.54) is 16.4 Å². The zero-order valence-electron chi connectivity index (χ0n) is 13.7. The molecule has 0 saturated carbocycles. The highest BCUT2D eigenvalue weighted by Crippen LogP contribution is 2.29. The van der Waals surface area contributed by atoms with Gasteiger partial charge in [0.25, 0.3) is 0 Å². The summed E-state index contributed by atoms with van der Waals surface area (Å²) in [5.74, 6) is 8.99. The predicted molar refractivity (Wildman–Crippen MR) is 93.7 cm³/mol. The van der Waals surface area contributed by atoms with Crippen molar-refractivity contribution in [2.75, 3.05) is 13.0 Å². The van der Waals surface area contributed by atoms with Crippen LogP contribution in [0.3, 0.4) is 0 Å². The monoisotopic (exact) mass is 370 g/mol. The Morgan fingerprint density at radius 2 is 2.08 bits per heavy atom. The number of methoxy groups -OCH3 is 1. The van der Waals surface area contributed by atoms with Crippen LogP contribution in [0, 0.1) is 0 Å². The van der Waals surface area contributed by atoms with Crippen LogP contribution in [-0.4, -0.2) is 32.1 Å². The molecule has 0 saturated heterocycles. The van der Waals surface area contributed by atoms with Crippen molar-refractivity contribution in [3.63, 3.8) is 0 Å². The highest BCUT2D eigenvalue weighted by Gasteiger charge is 2.17. The van der Waals surface area contributed by atoms with Gasteiger partial charge < -0.3 is 19.5 Å². The van der Waals surface area contributed by atoms with E-state index in [1.54, 1.807) is 25.5 Å². The first-order valence-corrected chi connectivity index (χ1v) is 8.58. The van der Waals surface area contributed by atoms with Crippen molar-refractivity contribution in [2.45, 2.75) is 10.9 Å². The number of hydrogen-bond donors (Lipinski definition) is 1. The molecule has 4 rings (SSSR count). The second-order valence-corrected chi connectivity index (χ2v) is 6.10. The molecule has 132 valence electrons. The molecule has 2 N–H and O–H groups in total. The van der Waals surface area contributed by atoms with E-state index in [9.17, 15) is 0 Å². The fourth-order valence-electron chi connectivity index (χ4n) is 2.33. The lowest BCUT2D eigenvalue weighted by atomic mass is 10.2. The van der Waals surface area contributed by atoms with Crippen LogP contribution in [0.5, 0.6) is 5.75 Å². The Bertz CT molecular complexity index is 1010. The molecule has 9 nitrogen and oxygen atoms in total. The zero-order valence-corrected chi connectivity index (χ0v) is 14.5. The van der Waals surface area contributed by atoms with Gasteiger partial charge in [0.2, 0.25) is 22.7 Å². The third-order valence-corrected chi connectivity index (χ3v) is 4.47. The Morgan fingerprint density at radius 1 is 1.19 bits per heavy atom. The van der Waals surface area contributed by atoms with Gasteiger partial charge in [-0.3, -0.25) is 0 Å². The number of nitrogens with zero attached hydrogens (tertiary/aromatic N) is 5. The predicted octanol–water partition coefficient (Wildman–Crippen LogP) is 2.60. The maximum Gasteiger partial charge on any atom is 0.237 e. The van der Waals surface area contributed by atoms with Gasteiger partial charge in [-0.15, -0.1) is 10.2 Å². The van der Waals surface area contributed by atoms with Crippen molar-refractivity contribution in [3.05, 3.63) is 48.6 Å². The maximum atomic E-state index is 6.02. The van der Waals surface area contributed by atoms with Crippen LogP contribution in [0.2, 0.25) is 0 Å². The highest BCUT2D eigenvalue weighted by atomic mass is 32.2. The number of nitrogens with two attached hydrogens (primary N) is 1. The molecule has 3 aromatic heterocycles. The minimum Gasteiger partial charge on any atom is -0.496 e. The molecule has 0 spiro atoms. The van der Waals surface area contributed by atoms with Crippen molar-refractivity contribution >= 4 is 11.8 Å². The van der Waals surface area contributed by atoms with Crippen LogP contribution in [-0.2, 0) is 5.75 Å². The molecule has 3 heterocycles. The summed E-state index contributed by atoms with van der Waals surface area (Å²) in [7, 11) is 1.60. The minimum absolute atomic E-state index is 0.398. The van der Waals surface area contributed by atoms with Crippen LogP contribution >= 0.6 is 11.8 Å². The summed E-state index contributed by atoms with van der Waals surface area (Å²) in [4.78, 5) is 4.40. The van der Waals surface area contributed by atoms with Gasteiger partial charge in [-0.05, 0) is 24.3 Å². The van der Waals surface area contributed by atoms with Gasteiger partial charge in [-0.2, -0.15) is 4.98 Å². The number of aromatic nitrogens is 5. The molecule has 26 heavy (non-hydrogen) atoms. The topological polar surface area (TPSA) is 118 Å². The first kappa shape index (κ1) is 16.2. The summed E-state index contributed by atoms with van der Waals surface area (Å²) in [5.41, 5.74) is 0.761. The Hall–Kier alpha value is -3.27. The number of furan rings is 1. The van der Waals surface area contributed by atoms with Gasteiger partial charge in [0.1, 0.15) is 5.75 Å². The Balaban J connectivity index is 1.49. The molecular weight excluding hydrogens is 356 g/mol. The fourth-order valence-corrected chi connectivity index (χ4v) is 3.02. The van der Waals surface area contributed by atoms with E-state index in [0.717, 1.165) is 5.56 Å². The van der Waals surface area contributed by atoms with E-state index in [-0.39, 0.29) is 0 Å². The van der Waals surface area contributed by atoms with Gasteiger partial charge in [0.15, 0.2) is 5.76 Å². The second kappa shape index (κ2) is 6.92. The fraction of sp³-hybridized carbons (Fsp3) is 0.125. The normalized spacial score (nSPS) is 11.0. The lowest BCUT2D eigenvalue weighted by molar-refractivity contribution is 0.390. The van der Waals surface area contributed by atoms with E-state index >= 15 is 0 Å². The number of thioether (sulfide) groups is 1. The maximum absolute atomic E-state index is 6.02. The second-order valence-electron chi connectivity index (χ2n) is 5.15. The molecule has 0 radical (unpaired) electrons. The van der Waals surface area contributed by atoms with E-state index < -0.39 is 0 Å². The summed E-state index contributed by atoms with van der Waals surface area (Å²) in [6.07, 6.45) is 1.55. The number of nitrogen functional groups attached to an aromatic ring is 1. The molecule has 0 bridgehead atoms. The molecule has 0 unspecified atom stereocenters. The molecule has 0 aliphatic carbocycles. The van der Waals surface area contributed by atoms with Crippen molar-refractivity contribution in [2.24, 2.45) is 0 Å². The third kappa shape index (κ3) is 3.02. The SMILES string of the molecule is COc1ccccc1-c1noc(CSc2nnc(-c3ccco3)n2N)n1. The summed E-state index contributed by atoms with van der Waals surface area (Å²) >= 11 is 1.33. The summed E-state index contributed by atoms with van der Waals surface area (Å²) < 4.78 is 17.3. The quantitative estimate of drug-likeness (QED) is 0.403. The van der Waals surface area contributed by atoms with E-state index in [0.29, 0.717) is 40.0 Å². The summed E-state index contributed by atoms with van der Waals surface area (Å²) in [6, 6.07) is 11.0. The van der Waals surface area contributed by atoms with Crippen LogP contribution < -0.4 is 10.6 Å². The molecule has 1 aromatic carbocycles. The van der Waals surface area contributed by atoms with Gasteiger partial charge in [0, 0.05) is 0 Å². The van der Waals surface area contributed by atoms with Crippen molar-refractivity contribution in [3.8, 4) is 28.7 Å². The number of ether oxygens (including phenoxy) is 1. The van der Waals surface area contributed by atoms with E-state index in [1.807, 2.05) is 24.3 Å². The molecule has 0 atom stereocenters. The van der Waals surface area contributed by atoms with Gasteiger partial charge in [-0.1, -0.05) is 29.1 Å². The van der Waals surface area contributed by atoms with Crippen molar-refractivity contribution in [1.82, 2.24) is 25.0 Å². The average molecular weight is 370 g/mol. The van der Waals surface area contributed by atoms with Crippen molar-refractivity contribution < 1.29 is 13.7 Å². The number of para-hydroxylation sites is 1. The van der Waals surface area contributed by atoms with Crippen molar-refractivity contribution in [1.29, 1.82) is 0 Å². The Morgan fingerprint density at radius 3 is 2.88 bits per heavy atom. The largest absolute Gasteiger partial charge is 0.496 e. The number of rotatable bonds is 6. The zero-order chi connectivity index (χ0) is 17.9. The molecule has 10 heteroatoms. The standard InChI is InChI=1S/C16H14N6O3S/c1-23-11-6-3-2-5-10(11)14-18-13(25-21-14)9-26-16-20-19-15(22(16)17)12-7-4-8-24-12/h2-8H,9,17H2,1H3. The van der Waals surface area contributed by atoms with Gasteiger partial charge in [0.05, 0.1) is 24.7 Å². The Labute approximate surface area is 152 Å². The van der Waals surface area contributed by atoms with Gasteiger partial charge >= 0.3 is 0 Å². The molecule has 4 aromatic rings. The van der Waals surface area contributed by atoms with Crippen LogP contribution in [0.4, 0.5) is 0 Å². The average Bonchev–Trinajstić information content (AvgIpc) is 3.41. The molecule has 0 fully saturated rings. The number of benzene rings is 1. The van der Waals surface area contributed by atoms with E-state index in [4.69, 9.17) is 19.5 Å². The lowest BCUT2D eigenvalue weighted by Crippen LogP contribution is -2.11. The van der Waals surface area contributed by atoms with E-state index in [2.05, 4.69) is 20.3 Å². The number of hydrogen-bond acceptors (Lipinski definition) is 9. The molecule has 0 aliphatic rings. The summed E-state index contributed by atoms with van der Waals surface area (Å²) in [6.45, 7) is 0. The molecule has 0 amide bonds. The minimum atomic E-state index is 0.398. The molecular formula is C16H14N6O3S. The van der Waals surface area contributed by atoms with Crippen LogP contribution in [0.15, 0.2) is 56.8 Å². The van der Waals surface area contributed by atoms with Gasteiger partial charge in [-0.25, -0.2) is 4.68 Å². The summed E-state index contributed by atoms with van der Waals surface area (Å²) in [5, 5.41) is 12.6. The highest BCUT2D eigenvalue weighted by molar-refractivity contribution is 7.98. The third-order valence-electron chi connectivity index (χ3n) is 3.55. The first-order valence-electron chi connectivity index (χ1n) is 7.59. The Kier molecular flexibility index (Phi) is 4.32. The lowest BCUT2D eigenvalue weighted by Gasteiger charge is -2.03. The molecule has 0 aliphatic heterocycles. The van der Waals surface area contributed by atoms with Crippen LogP contribution in [0.25, 0.3) is 23.0 Å². The first-order chi connectivity index (χ1) is 12.8.